The van der Waals surface area contributed by atoms with E-state index >= 15 is 0 Å². The van der Waals surface area contributed by atoms with E-state index in [9.17, 15) is 9.18 Å². The summed E-state index contributed by atoms with van der Waals surface area (Å²) in [6.45, 7) is 1.96. The lowest BCUT2D eigenvalue weighted by Gasteiger charge is -2.24. The van der Waals surface area contributed by atoms with Crippen molar-refractivity contribution < 1.29 is 4.39 Å². The van der Waals surface area contributed by atoms with Crippen LogP contribution in [0.15, 0.2) is 53.8 Å². The second-order valence-corrected chi connectivity index (χ2v) is 8.75. The molecule has 1 atom stereocenters. The Morgan fingerprint density at radius 1 is 1.09 bits per heavy atom. The largest absolute Gasteiger partial charge is 0.360 e. The molecule has 0 aliphatic rings. The number of fused-ring (bicyclic) bond motifs is 2. The van der Waals surface area contributed by atoms with E-state index in [0.717, 1.165) is 0 Å². The molecule has 5 aromatic rings. The molecule has 7 nitrogen and oxygen atoms in total. The number of aromatic amines is 1. The number of nitrogens with zero attached hydrogens (tertiary/aromatic N) is 4. The van der Waals surface area contributed by atoms with E-state index in [0.29, 0.717) is 45.2 Å². The first-order chi connectivity index (χ1) is 16.4. The number of H-pyrrole nitrogens is 1. The molecule has 0 saturated carbocycles. The maximum Gasteiger partial charge on any atom is 0.264 e. The summed E-state index contributed by atoms with van der Waals surface area (Å²) in [5.74, 6) is -0.171. The molecule has 0 saturated heterocycles. The third-order valence-electron chi connectivity index (χ3n) is 5.56. The van der Waals surface area contributed by atoms with Gasteiger partial charge in [0.1, 0.15) is 17.7 Å². The first-order valence-electron chi connectivity index (χ1n) is 10.3. The van der Waals surface area contributed by atoms with Crippen LogP contribution in [-0.4, -0.2) is 24.5 Å². The molecule has 3 aromatic heterocycles. The lowest BCUT2D eigenvalue weighted by atomic mass is 10.0. The zero-order chi connectivity index (χ0) is 24.0. The maximum atomic E-state index is 14.3. The monoisotopic (exact) mass is 516 g/mol. The fourth-order valence-electron chi connectivity index (χ4n) is 3.92. The fraction of sp³-hybridized carbons (Fsp3) is 0.130. The summed E-state index contributed by atoms with van der Waals surface area (Å²) in [6, 6.07) is 9.03. The van der Waals surface area contributed by atoms with Crippen LogP contribution >= 0.6 is 34.8 Å². The smallest absolute Gasteiger partial charge is 0.264 e. The number of nitrogens with one attached hydrogen (secondary N) is 2. The molecule has 0 spiro atoms. The van der Waals surface area contributed by atoms with E-state index in [2.05, 4.69) is 25.3 Å². The molecule has 3 heterocycles. The normalized spacial score (nSPS) is 12.4. The van der Waals surface area contributed by atoms with Crippen LogP contribution in [0.5, 0.6) is 0 Å². The summed E-state index contributed by atoms with van der Waals surface area (Å²) in [6.07, 6.45) is 3.53. The summed E-state index contributed by atoms with van der Waals surface area (Å²) in [5, 5.41) is 4.33. The number of aromatic nitrogens is 5. The predicted octanol–water partition coefficient (Wildman–Crippen LogP) is 6.32. The summed E-state index contributed by atoms with van der Waals surface area (Å²) in [4.78, 5) is 29.5. The quantitative estimate of drug-likeness (QED) is 0.285. The third-order valence-corrected chi connectivity index (χ3v) is 6.67. The van der Waals surface area contributed by atoms with Crippen LogP contribution in [-0.2, 0) is 0 Å². The number of imidazole rings is 1. The van der Waals surface area contributed by atoms with Crippen molar-refractivity contribution in [3.63, 3.8) is 0 Å². The Kier molecular flexibility index (Phi) is 5.89. The second kappa shape index (κ2) is 8.87. The van der Waals surface area contributed by atoms with E-state index in [1.54, 1.807) is 24.3 Å². The summed E-state index contributed by atoms with van der Waals surface area (Å²) < 4.78 is 15.7. The molecule has 172 valence electrons. The summed E-state index contributed by atoms with van der Waals surface area (Å²) >= 11 is 18.6. The average molecular weight is 518 g/mol. The van der Waals surface area contributed by atoms with Gasteiger partial charge in [0, 0.05) is 5.69 Å². The molecule has 0 radical (unpaired) electrons. The number of halogens is 4. The molecule has 11 heteroatoms. The van der Waals surface area contributed by atoms with Crippen molar-refractivity contribution in [1.29, 1.82) is 0 Å². The van der Waals surface area contributed by atoms with Crippen LogP contribution in [0.4, 0.5) is 10.2 Å². The van der Waals surface area contributed by atoms with E-state index in [1.807, 2.05) is 6.92 Å². The predicted molar refractivity (Wildman–Crippen MR) is 133 cm³/mol. The molecule has 0 bridgehead atoms. The van der Waals surface area contributed by atoms with Gasteiger partial charge in [-0.15, -0.1) is 0 Å². The van der Waals surface area contributed by atoms with Crippen molar-refractivity contribution >= 4 is 62.6 Å². The topological polar surface area (TPSA) is 88.5 Å². The molecular weight excluding hydrogens is 502 g/mol. The molecule has 0 aliphatic carbocycles. The highest BCUT2D eigenvalue weighted by Gasteiger charge is 2.22. The van der Waals surface area contributed by atoms with Gasteiger partial charge in [-0.3, -0.25) is 9.36 Å². The van der Waals surface area contributed by atoms with Gasteiger partial charge in [0.05, 0.1) is 38.5 Å². The molecular formula is C23H16Cl3FN6O. The first-order valence-corrected chi connectivity index (χ1v) is 11.4. The van der Waals surface area contributed by atoms with Gasteiger partial charge in [-0.2, -0.15) is 0 Å². The van der Waals surface area contributed by atoms with Crippen LogP contribution < -0.4 is 10.9 Å². The van der Waals surface area contributed by atoms with Crippen molar-refractivity contribution in [3.8, 4) is 5.69 Å². The molecule has 2 aromatic carbocycles. The van der Waals surface area contributed by atoms with E-state index in [-0.39, 0.29) is 21.5 Å². The van der Waals surface area contributed by atoms with Gasteiger partial charge in [-0.1, -0.05) is 47.8 Å². The van der Waals surface area contributed by atoms with Gasteiger partial charge in [-0.25, -0.2) is 19.3 Å². The Bertz CT molecular complexity index is 1620. The van der Waals surface area contributed by atoms with Crippen molar-refractivity contribution in [2.24, 2.45) is 0 Å². The number of hydrogen-bond acceptors (Lipinski definition) is 5. The van der Waals surface area contributed by atoms with Crippen molar-refractivity contribution in [3.05, 3.63) is 86.0 Å². The van der Waals surface area contributed by atoms with Crippen LogP contribution in [0, 0.1) is 5.82 Å². The Labute approximate surface area is 207 Å². The molecule has 34 heavy (non-hydrogen) atoms. The van der Waals surface area contributed by atoms with Gasteiger partial charge >= 0.3 is 0 Å². The van der Waals surface area contributed by atoms with Crippen LogP contribution in [0.2, 0.25) is 15.1 Å². The zero-order valence-corrected chi connectivity index (χ0v) is 19.9. The minimum atomic E-state index is -0.674. The number of benzene rings is 2. The maximum absolute atomic E-state index is 14.3. The minimum Gasteiger partial charge on any atom is -0.360 e. The molecule has 0 amide bonds. The zero-order valence-electron chi connectivity index (χ0n) is 17.6. The Balaban J connectivity index is 1.77. The second-order valence-electron chi connectivity index (χ2n) is 7.56. The Morgan fingerprint density at radius 2 is 1.91 bits per heavy atom. The number of rotatable bonds is 5. The van der Waals surface area contributed by atoms with Gasteiger partial charge < -0.3 is 10.3 Å². The van der Waals surface area contributed by atoms with E-state index < -0.39 is 11.4 Å². The third kappa shape index (κ3) is 3.77. The van der Waals surface area contributed by atoms with E-state index in [1.165, 1.54) is 29.4 Å². The van der Waals surface area contributed by atoms with Gasteiger partial charge in [0.25, 0.3) is 5.56 Å². The van der Waals surface area contributed by atoms with Gasteiger partial charge in [0.15, 0.2) is 11.5 Å². The summed E-state index contributed by atoms with van der Waals surface area (Å²) in [7, 11) is 0. The molecule has 2 N–H and O–H groups in total. The molecule has 5 rings (SSSR count). The molecule has 0 fully saturated rings. The van der Waals surface area contributed by atoms with Crippen LogP contribution in [0.1, 0.15) is 25.1 Å². The Hall–Kier alpha value is -3.20. The number of hydrogen-bond donors (Lipinski definition) is 2. The SMILES string of the molecule is CCC(Nc1ncnc2[nH]cnc12)c1cc2ccc(F)c(Cl)c2c(=O)n1-c1ccc(Cl)c(Cl)c1. The first kappa shape index (κ1) is 22.6. The lowest BCUT2D eigenvalue weighted by molar-refractivity contribution is 0.629. The standard InChI is InChI=1S/C23H16Cl3FN6O/c1-2-16(32-22-20-21(29-9-28-20)30-10-31-22)17-7-11-3-6-15(27)19(26)18(11)23(34)33(17)12-4-5-13(24)14(25)8-12/h3-10,16H,2H2,1H3,(H2,28,29,30,31,32). The van der Waals surface area contributed by atoms with Gasteiger partial charge in [-0.05, 0) is 42.1 Å². The van der Waals surface area contributed by atoms with Crippen molar-refractivity contribution in [2.45, 2.75) is 19.4 Å². The van der Waals surface area contributed by atoms with Crippen LogP contribution in [0.25, 0.3) is 27.6 Å². The number of anilines is 1. The highest BCUT2D eigenvalue weighted by molar-refractivity contribution is 6.42. The molecule has 0 aliphatic heterocycles. The summed E-state index contributed by atoms with van der Waals surface area (Å²) in [5.41, 5.74) is 1.72. The Morgan fingerprint density at radius 3 is 2.68 bits per heavy atom. The average Bonchev–Trinajstić information content (AvgIpc) is 3.31. The highest BCUT2D eigenvalue weighted by Crippen LogP contribution is 2.32. The van der Waals surface area contributed by atoms with Gasteiger partial charge in [0.2, 0.25) is 0 Å². The number of pyridine rings is 1. The van der Waals surface area contributed by atoms with Crippen molar-refractivity contribution in [2.75, 3.05) is 5.32 Å². The minimum absolute atomic E-state index is 0.0723. The van der Waals surface area contributed by atoms with Crippen LogP contribution in [0.3, 0.4) is 0 Å². The molecule has 1 unspecified atom stereocenters. The highest BCUT2D eigenvalue weighted by atomic mass is 35.5. The van der Waals surface area contributed by atoms with Crippen molar-refractivity contribution in [1.82, 2.24) is 24.5 Å². The lowest BCUT2D eigenvalue weighted by Crippen LogP contribution is -2.27. The fourth-order valence-corrected chi connectivity index (χ4v) is 4.47. The van der Waals surface area contributed by atoms with E-state index in [4.69, 9.17) is 34.8 Å².